The van der Waals surface area contributed by atoms with Crippen LogP contribution < -0.4 is 4.90 Å². The van der Waals surface area contributed by atoms with Crippen LogP contribution in [0.3, 0.4) is 0 Å². The quantitative estimate of drug-likeness (QED) is 0.837. The Morgan fingerprint density at radius 2 is 2.25 bits per heavy atom. The minimum absolute atomic E-state index is 0.0817. The van der Waals surface area contributed by atoms with Gasteiger partial charge in [-0.05, 0) is 17.7 Å². The highest BCUT2D eigenvalue weighted by Gasteiger charge is 2.26. The summed E-state index contributed by atoms with van der Waals surface area (Å²) in [7, 11) is 3.79. The number of carbonyl (C=O) groups is 1. The number of hydrogen-bond acceptors (Lipinski definition) is 6. The molecule has 24 heavy (non-hydrogen) atoms. The molecule has 0 aromatic carbocycles. The lowest BCUT2D eigenvalue weighted by Gasteiger charge is -2.33. The van der Waals surface area contributed by atoms with Gasteiger partial charge in [0.2, 0.25) is 11.9 Å². The number of morpholine rings is 1. The van der Waals surface area contributed by atoms with Crippen molar-refractivity contribution < 1.29 is 9.53 Å². The molecule has 0 saturated carbocycles. The number of anilines is 1. The van der Waals surface area contributed by atoms with E-state index in [0.29, 0.717) is 32.1 Å². The average molecular weight is 327 g/mol. The van der Waals surface area contributed by atoms with Gasteiger partial charge in [-0.3, -0.25) is 9.78 Å². The van der Waals surface area contributed by atoms with E-state index in [1.165, 1.54) is 0 Å². The Balaban J connectivity index is 1.68. The largest absolute Gasteiger partial charge is 0.368 e. The van der Waals surface area contributed by atoms with Crippen LogP contribution in [0, 0.1) is 0 Å². The molecule has 3 rings (SSSR count). The molecule has 0 spiro atoms. The zero-order chi connectivity index (χ0) is 16.9. The molecule has 0 bridgehead atoms. The molecular formula is C17H21N5O2. The van der Waals surface area contributed by atoms with Gasteiger partial charge in [0.15, 0.2) is 0 Å². The summed E-state index contributed by atoms with van der Waals surface area (Å²) in [6.45, 7) is 1.61. The molecule has 126 valence electrons. The molecule has 7 nitrogen and oxygen atoms in total. The number of nitrogens with zero attached hydrogens (tertiary/aromatic N) is 5. The molecule has 1 saturated heterocycles. The van der Waals surface area contributed by atoms with Crippen LogP contribution in [0.5, 0.6) is 0 Å². The molecule has 1 amide bonds. The number of aromatic nitrogens is 3. The highest BCUT2D eigenvalue weighted by Crippen LogP contribution is 2.22. The Labute approximate surface area is 141 Å². The molecule has 3 heterocycles. The van der Waals surface area contributed by atoms with Crippen molar-refractivity contribution in [3.63, 3.8) is 0 Å². The molecule has 0 radical (unpaired) electrons. The van der Waals surface area contributed by atoms with Gasteiger partial charge >= 0.3 is 0 Å². The molecular weight excluding hydrogens is 306 g/mol. The standard InChI is InChI=1S/C17H21N5O2/c1-21(2)17-19-7-5-14(20-17)15-12-22(8-9-24-15)16(23)10-13-4-3-6-18-11-13/h3-7,11,15H,8-10,12H2,1-2H3/t15-/m1/s1. The normalized spacial score (nSPS) is 17.6. The van der Waals surface area contributed by atoms with Gasteiger partial charge in [-0.15, -0.1) is 0 Å². The van der Waals surface area contributed by atoms with E-state index in [1.54, 1.807) is 18.6 Å². The van der Waals surface area contributed by atoms with Crippen LogP contribution in [-0.2, 0) is 16.0 Å². The lowest BCUT2D eigenvalue weighted by molar-refractivity contribution is -0.138. The summed E-state index contributed by atoms with van der Waals surface area (Å²) in [5, 5.41) is 0. The first-order valence-corrected chi connectivity index (χ1v) is 7.92. The molecule has 0 unspecified atom stereocenters. The van der Waals surface area contributed by atoms with Crippen molar-refractivity contribution in [2.75, 3.05) is 38.7 Å². The van der Waals surface area contributed by atoms with E-state index in [4.69, 9.17) is 4.74 Å². The van der Waals surface area contributed by atoms with Crippen molar-refractivity contribution in [2.24, 2.45) is 0 Å². The third-order valence-electron chi connectivity index (χ3n) is 3.89. The second-order valence-electron chi connectivity index (χ2n) is 5.91. The Kier molecular flexibility index (Phi) is 5.00. The van der Waals surface area contributed by atoms with E-state index in [1.807, 2.05) is 42.1 Å². The van der Waals surface area contributed by atoms with Crippen LogP contribution in [0.4, 0.5) is 5.95 Å². The van der Waals surface area contributed by atoms with E-state index >= 15 is 0 Å². The lowest BCUT2D eigenvalue weighted by Crippen LogP contribution is -2.43. The molecule has 1 aliphatic heterocycles. The molecule has 1 fully saturated rings. The van der Waals surface area contributed by atoms with E-state index < -0.39 is 0 Å². The van der Waals surface area contributed by atoms with Gasteiger partial charge in [-0.1, -0.05) is 6.07 Å². The van der Waals surface area contributed by atoms with Crippen LogP contribution in [0.25, 0.3) is 0 Å². The van der Waals surface area contributed by atoms with E-state index in [-0.39, 0.29) is 12.0 Å². The topological polar surface area (TPSA) is 71.5 Å². The Morgan fingerprint density at radius 3 is 3.00 bits per heavy atom. The SMILES string of the molecule is CN(C)c1nccc([C@H]2CN(C(=O)Cc3cccnc3)CCO2)n1. The van der Waals surface area contributed by atoms with Gasteiger partial charge in [0.05, 0.1) is 25.3 Å². The van der Waals surface area contributed by atoms with Crippen LogP contribution >= 0.6 is 0 Å². The van der Waals surface area contributed by atoms with Crippen molar-refractivity contribution in [1.82, 2.24) is 19.9 Å². The third kappa shape index (κ3) is 3.86. The molecule has 7 heteroatoms. The highest BCUT2D eigenvalue weighted by molar-refractivity contribution is 5.78. The van der Waals surface area contributed by atoms with Crippen molar-refractivity contribution in [3.8, 4) is 0 Å². The van der Waals surface area contributed by atoms with Gasteiger partial charge < -0.3 is 14.5 Å². The first-order chi connectivity index (χ1) is 11.6. The van der Waals surface area contributed by atoms with Crippen molar-refractivity contribution in [1.29, 1.82) is 0 Å². The Bertz CT molecular complexity index is 692. The molecule has 1 aliphatic rings. The van der Waals surface area contributed by atoms with Gasteiger partial charge in [0.1, 0.15) is 6.10 Å². The van der Waals surface area contributed by atoms with Crippen LogP contribution in [0.2, 0.25) is 0 Å². The predicted octanol–water partition coefficient (Wildman–Crippen LogP) is 1.08. The Hall–Kier alpha value is -2.54. The molecule has 0 N–H and O–H groups in total. The van der Waals surface area contributed by atoms with Crippen LogP contribution in [-0.4, -0.2) is 59.6 Å². The maximum Gasteiger partial charge on any atom is 0.227 e. The summed E-state index contributed by atoms with van der Waals surface area (Å²) in [6.07, 6.45) is 5.28. The number of pyridine rings is 1. The number of carbonyl (C=O) groups excluding carboxylic acids is 1. The zero-order valence-corrected chi connectivity index (χ0v) is 13.9. The fraction of sp³-hybridized carbons (Fsp3) is 0.412. The smallest absolute Gasteiger partial charge is 0.227 e. The fourth-order valence-corrected chi connectivity index (χ4v) is 2.60. The Morgan fingerprint density at radius 1 is 1.38 bits per heavy atom. The van der Waals surface area contributed by atoms with Crippen molar-refractivity contribution in [2.45, 2.75) is 12.5 Å². The van der Waals surface area contributed by atoms with E-state index in [0.717, 1.165) is 11.3 Å². The lowest BCUT2D eigenvalue weighted by atomic mass is 10.1. The minimum atomic E-state index is -0.224. The van der Waals surface area contributed by atoms with Crippen LogP contribution in [0.1, 0.15) is 17.4 Å². The number of ether oxygens (including phenoxy) is 1. The van der Waals surface area contributed by atoms with Gasteiger partial charge in [0, 0.05) is 39.2 Å². The number of hydrogen-bond donors (Lipinski definition) is 0. The number of amides is 1. The maximum absolute atomic E-state index is 12.5. The highest BCUT2D eigenvalue weighted by atomic mass is 16.5. The van der Waals surface area contributed by atoms with Crippen molar-refractivity contribution >= 4 is 11.9 Å². The summed E-state index contributed by atoms with van der Waals surface area (Å²) in [5.74, 6) is 0.716. The van der Waals surface area contributed by atoms with E-state index in [2.05, 4.69) is 15.0 Å². The fourth-order valence-electron chi connectivity index (χ4n) is 2.60. The summed E-state index contributed by atoms with van der Waals surface area (Å²) < 4.78 is 5.81. The molecule has 0 aliphatic carbocycles. The van der Waals surface area contributed by atoms with Gasteiger partial charge in [-0.25, -0.2) is 9.97 Å². The molecule has 2 aromatic heterocycles. The van der Waals surface area contributed by atoms with Gasteiger partial charge in [-0.2, -0.15) is 0 Å². The van der Waals surface area contributed by atoms with E-state index in [9.17, 15) is 4.79 Å². The first-order valence-electron chi connectivity index (χ1n) is 7.92. The van der Waals surface area contributed by atoms with Crippen LogP contribution in [0.15, 0.2) is 36.8 Å². The summed E-state index contributed by atoms with van der Waals surface area (Å²) in [5.41, 5.74) is 1.72. The average Bonchev–Trinajstić information content (AvgIpc) is 2.63. The predicted molar refractivity (Wildman–Crippen MR) is 89.6 cm³/mol. The minimum Gasteiger partial charge on any atom is -0.368 e. The maximum atomic E-state index is 12.5. The van der Waals surface area contributed by atoms with Gasteiger partial charge in [0.25, 0.3) is 0 Å². The first kappa shape index (κ1) is 16.3. The van der Waals surface area contributed by atoms with Crippen molar-refractivity contribution in [3.05, 3.63) is 48.0 Å². The number of rotatable bonds is 4. The summed E-state index contributed by atoms with van der Waals surface area (Å²) >= 11 is 0. The molecule has 2 aromatic rings. The summed E-state index contributed by atoms with van der Waals surface area (Å²) in [6, 6.07) is 5.60. The third-order valence-corrected chi connectivity index (χ3v) is 3.89. The summed E-state index contributed by atoms with van der Waals surface area (Å²) in [4.78, 5) is 29.0. The monoisotopic (exact) mass is 327 g/mol. The zero-order valence-electron chi connectivity index (χ0n) is 13.9. The molecule has 1 atom stereocenters. The second-order valence-corrected chi connectivity index (χ2v) is 5.91. The second kappa shape index (κ2) is 7.35.